The molecule has 0 atom stereocenters. The largest absolute Gasteiger partial charge is 0.465 e. The third-order valence-corrected chi connectivity index (χ3v) is 4.65. The number of rotatable bonds is 5. The van der Waals surface area contributed by atoms with E-state index in [9.17, 15) is 28.0 Å². The summed E-state index contributed by atoms with van der Waals surface area (Å²) in [7, 11) is 1.27. The van der Waals surface area contributed by atoms with Crippen LogP contribution in [-0.4, -0.2) is 19.0 Å². The number of hydrogen-bond acceptors (Lipinski definition) is 5. The Hall–Kier alpha value is -4.32. The standard InChI is InChI=1S/C24H17F3N2O4/c1-14-6-7-15(23(31)32-2)11-20(14)21-9-8-19(33-21)10-16(13-28)22(30)29-18-5-3-4-17(12-18)24(25,26)27/h3-12H,1-2H3,(H,29,30)/b16-10-. The second-order valence-electron chi connectivity index (χ2n) is 6.93. The maximum Gasteiger partial charge on any atom is 0.416 e. The van der Waals surface area contributed by atoms with E-state index in [1.165, 1.54) is 25.3 Å². The van der Waals surface area contributed by atoms with Crippen LogP contribution in [0.15, 0.2) is 64.6 Å². The molecule has 3 aromatic rings. The minimum absolute atomic E-state index is 0.105. The van der Waals surface area contributed by atoms with Crippen molar-refractivity contribution in [3.05, 3.63) is 82.6 Å². The summed E-state index contributed by atoms with van der Waals surface area (Å²) in [6.45, 7) is 1.82. The Kier molecular flexibility index (Phi) is 6.68. The predicted octanol–water partition coefficient (Wildman–Crippen LogP) is 5.61. The lowest BCUT2D eigenvalue weighted by molar-refractivity contribution is -0.137. The fourth-order valence-electron chi connectivity index (χ4n) is 2.97. The van der Waals surface area contributed by atoms with Crippen molar-refractivity contribution in [1.29, 1.82) is 5.26 Å². The smallest absolute Gasteiger partial charge is 0.416 e. The van der Waals surface area contributed by atoms with E-state index in [0.29, 0.717) is 16.9 Å². The van der Waals surface area contributed by atoms with Crippen LogP contribution in [0.2, 0.25) is 0 Å². The number of esters is 1. The van der Waals surface area contributed by atoms with Crippen LogP contribution in [0.1, 0.15) is 27.2 Å². The van der Waals surface area contributed by atoms with Gasteiger partial charge in [-0.2, -0.15) is 18.4 Å². The molecule has 2 aromatic carbocycles. The molecule has 0 aliphatic rings. The minimum Gasteiger partial charge on any atom is -0.465 e. The van der Waals surface area contributed by atoms with Gasteiger partial charge in [0.25, 0.3) is 5.91 Å². The van der Waals surface area contributed by atoms with Crippen LogP contribution in [0.25, 0.3) is 17.4 Å². The van der Waals surface area contributed by atoms with Gasteiger partial charge in [0, 0.05) is 17.3 Å². The van der Waals surface area contributed by atoms with Crippen molar-refractivity contribution in [2.75, 3.05) is 12.4 Å². The van der Waals surface area contributed by atoms with E-state index in [0.717, 1.165) is 23.8 Å². The Morgan fingerprint density at radius 1 is 1.12 bits per heavy atom. The summed E-state index contributed by atoms with van der Waals surface area (Å²) in [5, 5.41) is 11.6. The summed E-state index contributed by atoms with van der Waals surface area (Å²) < 4.78 is 49.0. The van der Waals surface area contributed by atoms with Crippen molar-refractivity contribution < 1.29 is 31.9 Å². The fraction of sp³-hybridized carbons (Fsp3) is 0.125. The average molecular weight is 454 g/mol. The molecule has 1 N–H and O–H groups in total. The Morgan fingerprint density at radius 3 is 2.55 bits per heavy atom. The van der Waals surface area contributed by atoms with E-state index < -0.39 is 23.6 Å². The molecule has 0 spiro atoms. The summed E-state index contributed by atoms with van der Waals surface area (Å²) in [6, 6.07) is 13.9. The van der Waals surface area contributed by atoms with Gasteiger partial charge in [0.15, 0.2) is 0 Å². The van der Waals surface area contributed by atoms with Crippen LogP contribution in [0, 0.1) is 18.3 Å². The van der Waals surface area contributed by atoms with Gasteiger partial charge in [-0.25, -0.2) is 4.79 Å². The summed E-state index contributed by atoms with van der Waals surface area (Å²) in [5.74, 6) is -0.844. The summed E-state index contributed by atoms with van der Waals surface area (Å²) in [6.07, 6.45) is -3.39. The molecule has 0 unspecified atom stereocenters. The molecule has 33 heavy (non-hydrogen) atoms. The molecule has 0 fully saturated rings. The van der Waals surface area contributed by atoms with Crippen LogP contribution in [0.3, 0.4) is 0 Å². The maximum absolute atomic E-state index is 12.9. The summed E-state index contributed by atoms with van der Waals surface area (Å²) in [4.78, 5) is 24.2. The Labute approximate surface area is 186 Å². The Bertz CT molecular complexity index is 1280. The Balaban J connectivity index is 1.85. The van der Waals surface area contributed by atoms with Crippen molar-refractivity contribution in [2.45, 2.75) is 13.1 Å². The lowest BCUT2D eigenvalue weighted by Crippen LogP contribution is -2.14. The maximum atomic E-state index is 12.9. The number of aryl methyl sites for hydroxylation is 1. The number of furan rings is 1. The molecular weight excluding hydrogens is 437 g/mol. The third kappa shape index (κ3) is 5.49. The van der Waals surface area contributed by atoms with Gasteiger partial charge in [0.2, 0.25) is 0 Å². The van der Waals surface area contributed by atoms with E-state index in [4.69, 9.17) is 9.15 Å². The van der Waals surface area contributed by atoms with Crippen molar-refractivity contribution in [3.63, 3.8) is 0 Å². The predicted molar refractivity (Wildman–Crippen MR) is 114 cm³/mol. The van der Waals surface area contributed by atoms with Gasteiger partial charge in [-0.1, -0.05) is 12.1 Å². The number of methoxy groups -OCH3 is 1. The number of anilines is 1. The molecule has 1 amide bonds. The number of carbonyl (C=O) groups excluding carboxylic acids is 2. The molecule has 1 heterocycles. The lowest BCUT2D eigenvalue weighted by Gasteiger charge is -2.09. The third-order valence-electron chi connectivity index (χ3n) is 4.65. The van der Waals surface area contributed by atoms with Crippen LogP contribution >= 0.6 is 0 Å². The SMILES string of the molecule is COC(=O)c1ccc(C)c(-c2ccc(/C=C(/C#N)C(=O)Nc3cccc(C(F)(F)F)c3)o2)c1. The molecule has 3 rings (SSSR count). The molecule has 0 saturated heterocycles. The summed E-state index contributed by atoms with van der Waals surface area (Å²) >= 11 is 0. The first-order valence-corrected chi connectivity index (χ1v) is 9.52. The van der Waals surface area contributed by atoms with Gasteiger partial charge < -0.3 is 14.5 Å². The van der Waals surface area contributed by atoms with Gasteiger partial charge in [-0.3, -0.25) is 4.79 Å². The normalized spacial score (nSPS) is 11.6. The van der Waals surface area contributed by atoms with Gasteiger partial charge in [-0.15, -0.1) is 0 Å². The number of carbonyl (C=O) groups is 2. The molecule has 0 radical (unpaired) electrons. The molecule has 0 saturated carbocycles. The zero-order chi connectivity index (χ0) is 24.2. The topological polar surface area (TPSA) is 92.3 Å². The van der Waals surface area contributed by atoms with Crippen molar-refractivity contribution >= 4 is 23.6 Å². The first-order chi connectivity index (χ1) is 15.6. The van der Waals surface area contributed by atoms with E-state index in [1.807, 2.05) is 6.92 Å². The highest BCUT2D eigenvalue weighted by Gasteiger charge is 2.30. The molecule has 0 aliphatic heterocycles. The molecule has 6 nitrogen and oxygen atoms in total. The number of nitriles is 1. The molecule has 0 bridgehead atoms. The number of nitrogens with zero attached hydrogens (tertiary/aromatic N) is 1. The lowest BCUT2D eigenvalue weighted by atomic mass is 10.0. The van der Waals surface area contributed by atoms with Gasteiger partial charge >= 0.3 is 12.1 Å². The molecule has 0 aliphatic carbocycles. The highest BCUT2D eigenvalue weighted by atomic mass is 19.4. The van der Waals surface area contributed by atoms with Crippen LogP contribution in [0.5, 0.6) is 0 Å². The average Bonchev–Trinajstić information content (AvgIpc) is 3.25. The Morgan fingerprint density at radius 2 is 1.88 bits per heavy atom. The second-order valence-corrected chi connectivity index (χ2v) is 6.93. The highest BCUT2D eigenvalue weighted by molar-refractivity contribution is 6.09. The van der Waals surface area contributed by atoms with E-state index in [2.05, 4.69) is 5.32 Å². The van der Waals surface area contributed by atoms with Crippen LogP contribution in [-0.2, 0) is 15.7 Å². The highest BCUT2D eigenvalue weighted by Crippen LogP contribution is 2.31. The number of nitrogens with one attached hydrogen (secondary N) is 1. The van der Waals surface area contributed by atoms with Crippen molar-refractivity contribution in [2.24, 2.45) is 0 Å². The summed E-state index contributed by atoms with van der Waals surface area (Å²) in [5.41, 5.74) is 0.354. The minimum atomic E-state index is -4.57. The zero-order valence-corrected chi connectivity index (χ0v) is 17.5. The van der Waals surface area contributed by atoms with Crippen LogP contribution < -0.4 is 5.32 Å². The second kappa shape index (κ2) is 9.44. The van der Waals surface area contributed by atoms with Gasteiger partial charge in [0.1, 0.15) is 23.2 Å². The van der Waals surface area contributed by atoms with E-state index in [1.54, 1.807) is 30.3 Å². The first-order valence-electron chi connectivity index (χ1n) is 9.52. The molecular formula is C24H17F3N2O4. The number of alkyl halides is 3. The number of amides is 1. The number of hydrogen-bond donors (Lipinski definition) is 1. The van der Waals surface area contributed by atoms with Gasteiger partial charge in [-0.05, 0) is 55.0 Å². The number of ether oxygens (including phenoxy) is 1. The number of benzene rings is 2. The van der Waals surface area contributed by atoms with Crippen molar-refractivity contribution in [1.82, 2.24) is 0 Å². The van der Waals surface area contributed by atoms with Crippen molar-refractivity contribution in [3.8, 4) is 17.4 Å². The van der Waals surface area contributed by atoms with Crippen LogP contribution in [0.4, 0.5) is 18.9 Å². The van der Waals surface area contributed by atoms with Gasteiger partial charge in [0.05, 0.1) is 18.2 Å². The monoisotopic (exact) mass is 454 g/mol. The quantitative estimate of drug-likeness (QED) is 0.308. The number of halogens is 3. The fourth-order valence-corrected chi connectivity index (χ4v) is 2.97. The first kappa shape index (κ1) is 23.3. The molecule has 9 heteroatoms. The van der Waals surface area contributed by atoms with E-state index in [-0.39, 0.29) is 17.0 Å². The molecule has 168 valence electrons. The van der Waals surface area contributed by atoms with E-state index >= 15 is 0 Å². The zero-order valence-electron chi connectivity index (χ0n) is 17.5. The molecule has 1 aromatic heterocycles.